The molecule has 1 aromatic carbocycles. The molecule has 2 unspecified atom stereocenters. The van der Waals surface area contributed by atoms with E-state index in [2.05, 4.69) is 25.9 Å². The van der Waals surface area contributed by atoms with Crippen molar-refractivity contribution in [3.05, 3.63) is 65.6 Å². The maximum absolute atomic E-state index is 14.3. The van der Waals surface area contributed by atoms with Crippen LogP contribution in [0.3, 0.4) is 0 Å². The van der Waals surface area contributed by atoms with Crippen LogP contribution in [0.25, 0.3) is 28.0 Å². The zero-order valence-corrected chi connectivity index (χ0v) is 22.6. The number of anilines is 1. The van der Waals surface area contributed by atoms with Gasteiger partial charge in [-0.05, 0) is 50.8 Å². The standard InChI is InChI=1S/C29H27F2N9O2/c1-14(41)23-25(16-9-17-6-7-18(10-16)39(17)29(42)27-34-13-35-38-27)37-28-20(12-36-40(28)26(23)32)15-5-8-22(33-11-15)19-3-2-4-21(30)24(19)31/h2-5,8,11-13,16-18,27,38H,6-7,9-10,32H2,1H3,(H,34,35)/t16?,17-,18+,27?. The van der Waals surface area contributed by atoms with Crippen LogP contribution in [0.1, 0.15) is 54.6 Å². The number of nitrogens with zero attached hydrogens (tertiary/aromatic N) is 6. The van der Waals surface area contributed by atoms with Crippen LogP contribution >= 0.6 is 0 Å². The Balaban J connectivity index is 1.25. The highest BCUT2D eigenvalue weighted by molar-refractivity contribution is 6.00. The van der Waals surface area contributed by atoms with Gasteiger partial charge in [-0.15, -0.1) is 0 Å². The van der Waals surface area contributed by atoms with E-state index in [0.29, 0.717) is 40.9 Å². The number of aliphatic imine (C=N–C) groups is 1. The summed E-state index contributed by atoms with van der Waals surface area (Å²) in [4.78, 5) is 41.5. The van der Waals surface area contributed by atoms with Crippen molar-refractivity contribution >= 4 is 29.5 Å². The molecular formula is C29H27F2N9O2. The molecule has 6 heterocycles. The number of Topliss-reactive ketones (excluding diaryl/α,β-unsaturated/α-hetero) is 1. The molecule has 13 heteroatoms. The number of aromatic nitrogens is 4. The molecule has 1 amide bonds. The smallest absolute Gasteiger partial charge is 0.264 e. The molecular weight excluding hydrogens is 544 g/mol. The van der Waals surface area contributed by atoms with Crippen LogP contribution in [0.5, 0.6) is 0 Å². The highest BCUT2D eigenvalue weighted by Gasteiger charge is 2.46. The van der Waals surface area contributed by atoms with Gasteiger partial charge in [0, 0.05) is 40.9 Å². The van der Waals surface area contributed by atoms with Gasteiger partial charge in [0.1, 0.15) is 5.82 Å². The van der Waals surface area contributed by atoms with E-state index in [1.807, 2.05) is 4.90 Å². The molecule has 0 spiro atoms. The zero-order chi connectivity index (χ0) is 29.1. The highest BCUT2D eigenvalue weighted by Crippen LogP contribution is 2.45. The van der Waals surface area contributed by atoms with E-state index in [9.17, 15) is 18.4 Å². The maximum Gasteiger partial charge on any atom is 0.264 e. The molecule has 4 aromatic rings. The highest BCUT2D eigenvalue weighted by atomic mass is 19.2. The summed E-state index contributed by atoms with van der Waals surface area (Å²) in [5, 5.41) is 4.41. The van der Waals surface area contributed by atoms with Crippen LogP contribution in [0.2, 0.25) is 0 Å². The fourth-order valence-corrected chi connectivity index (χ4v) is 6.60. The number of nitrogens with two attached hydrogens (primary N) is 1. The Hall–Kier alpha value is -4.78. The topological polar surface area (TPSA) is 143 Å². The van der Waals surface area contributed by atoms with Gasteiger partial charge in [-0.25, -0.2) is 24.2 Å². The Morgan fingerprint density at radius 1 is 1.05 bits per heavy atom. The predicted molar refractivity (Wildman–Crippen MR) is 150 cm³/mol. The Labute approximate surface area is 238 Å². The minimum absolute atomic E-state index is 0.00209. The molecule has 4 atom stereocenters. The van der Waals surface area contributed by atoms with Crippen LogP contribution in [-0.4, -0.2) is 60.8 Å². The first-order valence-electron chi connectivity index (χ1n) is 13.8. The number of pyridine rings is 1. The van der Waals surface area contributed by atoms with Gasteiger partial charge in [-0.1, -0.05) is 12.1 Å². The molecule has 2 bridgehead atoms. The van der Waals surface area contributed by atoms with Crippen molar-refractivity contribution < 1.29 is 18.4 Å². The third-order valence-corrected chi connectivity index (χ3v) is 8.48. The predicted octanol–water partition coefficient (Wildman–Crippen LogP) is 3.22. The van der Waals surface area contributed by atoms with Gasteiger partial charge < -0.3 is 16.1 Å². The van der Waals surface area contributed by atoms with Crippen molar-refractivity contribution in [2.45, 2.75) is 56.8 Å². The summed E-state index contributed by atoms with van der Waals surface area (Å²) in [6, 6.07) is 7.30. The number of halogens is 2. The Kier molecular flexibility index (Phi) is 6.19. The second-order valence-electron chi connectivity index (χ2n) is 10.9. The number of benzene rings is 1. The number of ketones is 1. The summed E-state index contributed by atoms with van der Waals surface area (Å²) in [5.74, 6) is -2.08. The summed E-state index contributed by atoms with van der Waals surface area (Å²) in [6.45, 7) is 1.46. The van der Waals surface area contributed by atoms with E-state index in [1.165, 1.54) is 29.9 Å². The number of hydrazine groups is 1. The molecule has 0 aliphatic carbocycles. The molecule has 2 saturated heterocycles. The third-order valence-electron chi connectivity index (χ3n) is 8.48. The number of hydrogen-bond donors (Lipinski definition) is 3. The van der Waals surface area contributed by atoms with Crippen LogP contribution in [0.4, 0.5) is 14.6 Å². The fourth-order valence-electron chi connectivity index (χ4n) is 6.60. The minimum Gasteiger partial charge on any atom is -0.383 e. The van der Waals surface area contributed by atoms with Crippen LogP contribution in [-0.2, 0) is 4.79 Å². The molecule has 42 heavy (non-hydrogen) atoms. The van der Waals surface area contributed by atoms with E-state index < -0.39 is 17.8 Å². The summed E-state index contributed by atoms with van der Waals surface area (Å²) in [7, 11) is 0. The molecule has 3 aromatic heterocycles. The summed E-state index contributed by atoms with van der Waals surface area (Å²) in [6.07, 6.45) is 7.00. The molecule has 0 saturated carbocycles. The summed E-state index contributed by atoms with van der Waals surface area (Å²) >= 11 is 0. The fraction of sp³-hybridized carbons (Fsp3) is 0.310. The summed E-state index contributed by atoms with van der Waals surface area (Å²) < 4.78 is 29.5. The molecule has 3 aliphatic rings. The zero-order valence-electron chi connectivity index (χ0n) is 22.6. The van der Waals surface area contributed by atoms with Crippen LogP contribution < -0.4 is 16.6 Å². The summed E-state index contributed by atoms with van der Waals surface area (Å²) in [5.41, 5.74) is 15.2. The number of fused-ring (bicyclic) bond motifs is 3. The van der Waals surface area contributed by atoms with Crippen molar-refractivity contribution in [2.75, 3.05) is 5.73 Å². The second kappa shape index (κ2) is 9.94. The number of amides is 1. The van der Waals surface area contributed by atoms with Gasteiger partial charge in [-0.3, -0.25) is 14.6 Å². The second-order valence-corrected chi connectivity index (χ2v) is 10.9. The number of rotatable bonds is 5. The van der Waals surface area contributed by atoms with Crippen LogP contribution in [0, 0.1) is 11.6 Å². The monoisotopic (exact) mass is 571 g/mol. The van der Waals surface area contributed by atoms with Gasteiger partial charge in [0.05, 0.1) is 29.5 Å². The first kappa shape index (κ1) is 26.1. The van der Waals surface area contributed by atoms with Gasteiger partial charge in [0.2, 0.25) is 0 Å². The molecule has 214 valence electrons. The first-order chi connectivity index (χ1) is 20.3. The first-order valence-corrected chi connectivity index (χ1v) is 13.8. The quantitative estimate of drug-likeness (QED) is 0.310. The van der Waals surface area contributed by atoms with Crippen molar-refractivity contribution in [1.29, 1.82) is 0 Å². The average molecular weight is 572 g/mol. The molecule has 4 N–H and O–H groups in total. The lowest BCUT2D eigenvalue weighted by molar-refractivity contribution is -0.137. The molecule has 0 radical (unpaired) electrons. The van der Waals surface area contributed by atoms with Crippen molar-refractivity contribution in [3.63, 3.8) is 0 Å². The van der Waals surface area contributed by atoms with E-state index in [4.69, 9.17) is 10.7 Å². The third kappa shape index (κ3) is 4.11. The lowest BCUT2D eigenvalue weighted by atomic mass is 9.85. The van der Waals surface area contributed by atoms with Crippen molar-refractivity contribution in [3.8, 4) is 22.4 Å². The van der Waals surface area contributed by atoms with E-state index >= 15 is 0 Å². The Morgan fingerprint density at radius 3 is 2.50 bits per heavy atom. The lowest BCUT2D eigenvalue weighted by Gasteiger charge is -2.40. The molecule has 3 aliphatic heterocycles. The van der Waals surface area contributed by atoms with E-state index in [0.717, 1.165) is 18.9 Å². The Morgan fingerprint density at radius 2 is 1.83 bits per heavy atom. The Bertz CT molecular complexity index is 1760. The normalized spacial score (nSPS) is 23.0. The maximum atomic E-state index is 14.3. The largest absolute Gasteiger partial charge is 0.383 e. The number of carbonyl (C=O) groups is 2. The van der Waals surface area contributed by atoms with Gasteiger partial charge in [-0.2, -0.15) is 9.61 Å². The van der Waals surface area contributed by atoms with E-state index in [1.54, 1.807) is 24.5 Å². The molecule has 2 fully saturated rings. The lowest BCUT2D eigenvalue weighted by Crippen LogP contribution is -2.53. The van der Waals surface area contributed by atoms with Gasteiger partial charge in [0.15, 0.2) is 29.2 Å². The molecule has 7 rings (SSSR count). The number of nitrogens with one attached hydrogen (secondary N) is 2. The SMILES string of the molecule is CC(=O)c1c(C2C[C@H]3CC[C@@H](C2)N3C(=O)C2N=CNN2)nc2c(-c3ccc(-c4cccc(F)c4F)nc3)cnn2c1N. The van der Waals surface area contributed by atoms with Crippen LogP contribution in [0.15, 0.2) is 47.7 Å². The molecule has 11 nitrogen and oxygen atoms in total. The van der Waals surface area contributed by atoms with Crippen molar-refractivity contribution in [1.82, 2.24) is 35.3 Å². The number of piperidine rings is 1. The van der Waals surface area contributed by atoms with Crippen molar-refractivity contribution in [2.24, 2.45) is 4.99 Å². The van der Waals surface area contributed by atoms with E-state index in [-0.39, 0.29) is 46.8 Å². The number of carbonyl (C=O) groups excluding carboxylic acids is 2. The minimum atomic E-state index is -0.963. The van der Waals surface area contributed by atoms with Gasteiger partial charge in [0.25, 0.3) is 5.91 Å². The number of nitrogen functional groups attached to an aromatic ring is 1. The van der Waals surface area contributed by atoms with Gasteiger partial charge >= 0.3 is 0 Å². The average Bonchev–Trinajstić information content (AvgIpc) is 3.73. The number of hydrogen-bond acceptors (Lipinski definition) is 9.